The van der Waals surface area contributed by atoms with Gasteiger partial charge in [0, 0.05) is 31.5 Å². The molecule has 0 radical (unpaired) electrons. The van der Waals surface area contributed by atoms with Crippen molar-refractivity contribution in [2.75, 3.05) is 20.3 Å². The van der Waals surface area contributed by atoms with Crippen LogP contribution < -0.4 is 5.32 Å². The SMILES string of the molecule is COCCC1CCCC2(c3ccc(CCC(C)(C)C)c(Cl)c3)NC(=O)N(CCC(=O)O)C=C12. The van der Waals surface area contributed by atoms with Gasteiger partial charge in [-0.05, 0) is 72.6 Å². The van der Waals surface area contributed by atoms with E-state index in [1.165, 1.54) is 4.90 Å². The number of rotatable bonds is 9. The predicted octanol–water partition coefficient (Wildman–Crippen LogP) is 5.73. The van der Waals surface area contributed by atoms with E-state index >= 15 is 0 Å². The Bertz CT molecular complexity index is 908. The van der Waals surface area contributed by atoms with E-state index in [4.69, 9.17) is 21.4 Å². The minimum absolute atomic E-state index is 0.0960. The monoisotopic (exact) mass is 476 g/mol. The van der Waals surface area contributed by atoms with E-state index in [-0.39, 0.29) is 30.3 Å². The molecule has 1 aliphatic heterocycles. The third-order valence-corrected chi connectivity index (χ3v) is 7.19. The number of nitrogens with one attached hydrogen (secondary N) is 1. The van der Waals surface area contributed by atoms with Crippen molar-refractivity contribution in [1.82, 2.24) is 10.2 Å². The molecule has 2 amide bonds. The van der Waals surface area contributed by atoms with Crippen LogP contribution in [-0.4, -0.2) is 42.3 Å². The van der Waals surface area contributed by atoms with Gasteiger partial charge in [0.05, 0.1) is 12.0 Å². The summed E-state index contributed by atoms with van der Waals surface area (Å²) in [5.41, 5.74) is 2.83. The largest absolute Gasteiger partial charge is 0.481 e. The predicted molar refractivity (Wildman–Crippen MR) is 130 cm³/mol. The minimum Gasteiger partial charge on any atom is -0.481 e. The average Bonchev–Trinajstić information content (AvgIpc) is 2.74. The number of aliphatic carboxylic acids is 1. The fourth-order valence-corrected chi connectivity index (χ4v) is 5.22. The van der Waals surface area contributed by atoms with Crippen LogP contribution in [0.1, 0.15) is 70.4 Å². The molecule has 2 aliphatic rings. The van der Waals surface area contributed by atoms with Crippen molar-refractivity contribution >= 4 is 23.6 Å². The Kier molecular flexibility index (Phi) is 8.12. The second-order valence-electron chi connectivity index (χ2n) is 10.5. The second-order valence-corrected chi connectivity index (χ2v) is 10.9. The number of nitrogens with zero attached hydrogens (tertiary/aromatic N) is 1. The Labute approximate surface area is 202 Å². The number of carboxylic acid groups (broad SMARTS) is 1. The Morgan fingerprint density at radius 2 is 2.12 bits per heavy atom. The first-order chi connectivity index (χ1) is 15.6. The van der Waals surface area contributed by atoms with E-state index in [2.05, 4.69) is 38.2 Å². The molecule has 2 N–H and O–H groups in total. The summed E-state index contributed by atoms with van der Waals surface area (Å²) in [6.07, 6.45) is 7.37. The molecule has 33 heavy (non-hydrogen) atoms. The average molecular weight is 477 g/mol. The van der Waals surface area contributed by atoms with Crippen molar-refractivity contribution in [3.8, 4) is 0 Å². The van der Waals surface area contributed by atoms with Gasteiger partial charge in [0.15, 0.2) is 0 Å². The van der Waals surface area contributed by atoms with Crippen LogP contribution in [0.3, 0.4) is 0 Å². The highest BCUT2D eigenvalue weighted by atomic mass is 35.5. The summed E-state index contributed by atoms with van der Waals surface area (Å²) in [6, 6.07) is 5.95. The highest BCUT2D eigenvalue weighted by molar-refractivity contribution is 6.31. The molecule has 1 fully saturated rings. The molecule has 1 heterocycles. The van der Waals surface area contributed by atoms with E-state index < -0.39 is 11.5 Å². The number of halogens is 1. The number of carbonyl (C=O) groups is 2. The standard InChI is InChI=1S/C26H37ClN2O4/c1-25(2,3)13-9-19-7-8-20(16-22(19)27)26-12-5-6-18(11-15-33-4)21(26)17-29(24(32)28-26)14-10-23(30)31/h7-8,16-18H,5-6,9-15H2,1-4H3,(H,28,32)(H,30,31). The van der Waals surface area contributed by atoms with Gasteiger partial charge in [-0.2, -0.15) is 0 Å². The molecule has 3 rings (SSSR count). The molecule has 182 valence electrons. The highest BCUT2D eigenvalue weighted by Gasteiger charge is 2.47. The number of carboxylic acids is 1. The number of fused-ring (bicyclic) bond motifs is 1. The minimum atomic E-state index is -0.921. The molecule has 1 saturated carbocycles. The summed E-state index contributed by atoms with van der Waals surface area (Å²) in [6.45, 7) is 7.45. The first-order valence-electron chi connectivity index (χ1n) is 11.9. The van der Waals surface area contributed by atoms with Crippen LogP contribution in [0.25, 0.3) is 0 Å². The van der Waals surface area contributed by atoms with Gasteiger partial charge in [-0.25, -0.2) is 4.79 Å². The quantitative estimate of drug-likeness (QED) is 0.476. The summed E-state index contributed by atoms with van der Waals surface area (Å²) in [5, 5.41) is 13.1. The first kappa shape index (κ1) is 25.6. The molecule has 6 nitrogen and oxygen atoms in total. The maximum Gasteiger partial charge on any atom is 0.322 e. The van der Waals surface area contributed by atoms with Crippen LogP contribution in [-0.2, 0) is 21.5 Å². The molecule has 0 saturated heterocycles. The molecule has 0 bridgehead atoms. The Balaban J connectivity index is 1.98. The molecule has 2 unspecified atom stereocenters. The van der Waals surface area contributed by atoms with E-state index in [0.717, 1.165) is 60.2 Å². The lowest BCUT2D eigenvalue weighted by Gasteiger charge is -2.49. The third kappa shape index (κ3) is 6.10. The molecule has 1 aromatic rings. The molecular weight excluding hydrogens is 440 g/mol. The Morgan fingerprint density at radius 3 is 2.76 bits per heavy atom. The first-order valence-corrected chi connectivity index (χ1v) is 12.2. The van der Waals surface area contributed by atoms with Crippen LogP contribution in [0.4, 0.5) is 4.79 Å². The lowest BCUT2D eigenvalue weighted by Crippen LogP contribution is -2.58. The van der Waals surface area contributed by atoms with Gasteiger partial charge in [-0.1, -0.05) is 44.5 Å². The van der Waals surface area contributed by atoms with Crippen molar-refractivity contribution < 1.29 is 19.4 Å². The smallest absolute Gasteiger partial charge is 0.322 e. The van der Waals surface area contributed by atoms with Gasteiger partial charge in [-0.15, -0.1) is 0 Å². The van der Waals surface area contributed by atoms with E-state index in [1.807, 2.05) is 12.3 Å². The zero-order valence-electron chi connectivity index (χ0n) is 20.2. The van der Waals surface area contributed by atoms with Crippen molar-refractivity contribution in [2.45, 2.75) is 71.3 Å². The Morgan fingerprint density at radius 1 is 1.36 bits per heavy atom. The molecule has 0 aromatic heterocycles. The molecule has 0 spiro atoms. The van der Waals surface area contributed by atoms with E-state index in [9.17, 15) is 9.59 Å². The number of hydrogen-bond donors (Lipinski definition) is 2. The molecule has 1 aliphatic carbocycles. The van der Waals surface area contributed by atoms with Crippen molar-refractivity contribution in [2.24, 2.45) is 11.3 Å². The summed E-state index contributed by atoms with van der Waals surface area (Å²) >= 11 is 6.75. The zero-order chi connectivity index (χ0) is 24.2. The normalized spacial score (nSPS) is 23.1. The number of urea groups is 1. The molecule has 1 aromatic carbocycles. The van der Waals surface area contributed by atoms with E-state index in [1.54, 1.807) is 7.11 Å². The third-order valence-electron chi connectivity index (χ3n) is 6.84. The Hall–Kier alpha value is -2.05. The van der Waals surface area contributed by atoms with Gasteiger partial charge in [0.25, 0.3) is 0 Å². The summed E-state index contributed by atoms with van der Waals surface area (Å²) in [4.78, 5) is 25.6. The van der Waals surface area contributed by atoms with Gasteiger partial charge >= 0.3 is 12.0 Å². The molecule has 2 atom stereocenters. The number of methoxy groups -OCH3 is 1. The number of ether oxygens (including phenoxy) is 1. The topological polar surface area (TPSA) is 78.9 Å². The zero-order valence-corrected chi connectivity index (χ0v) is 21.0. The number of aryl methyl sites for hydroxylation is 1. The summed E-state index contributed by atoms with van der Waals surface area (Å²) in [7, 11) is 1.70. The highest BCUT2D eigenvalue weighted by Crippen LogP contribution is 2.48. The lowest BCUT2D eigenvalue weighted by atomic mass is 9.66. The van der Waals surface area contributed by atoms with Gasteiger partial charge in [0.2, 0.25) is 0 Å². The lowest BCUT2D eigenvalue weighted by molar-refractivity contribution is -0.137. The van der Waals surface area contributed by atoms with Crippen LogP contribution in [0.15, 0.2) is 30.0 Å². The van der Waals surface area contributed by atoms with Gasteiger partial charge in [-0.3, -0.25) is 4.79 Å². The van der Waals surface area contributed by atoms with Crippen molar-refractivity contribution in [1.29, 1.82) is 0 Å². The number of hydrogen-bond acceptors (Lipinski definition) is 3. The van der Waals surface area contributed by atoms with Gasteiger partial charge < -0.3 is 20.1 Å². The van der Waals surface area contributed by atoms with Crippen molar-refractivity contribution in [3.05, 3.63) is 46.1 Å². The summed E-state index contributed by atoms with van der Waals surface area (Å²) < 4.78 is 5.35. The van der Waals surface area contributed by atoms with Crippen LogP contribution >= 0.6 is 11.6 Å². The van der Waals surface area contributed by atoms with E-state index in [0.29, 0.717) is 6.61 Å². The number of carbonyl (C=O) groups excluding carboxylic acids is 1. The van der Waals surface area contributed by atoms with Crippen LogP contribution in [0, 0.1) is 11.3 Å². The van der Waals surface area contributed by atoms with Crippen molar-refractivity contribution in [3.63, 3.8) is 0 Å². The van der Waals surface area contributed by atoms with Gasteiger partial charge in [0.1, 0.15) is 0 Å². The molecule has 7 heteroatoms. The second kappa shape index (κ2) is 10.5. The maximum atomic E-state index is 13.0. The maximum absolute atomic E-state index is 13.0. The molecular formula is C26H37ClN2O4. The van der Waals surface area contributed by atoms with Crippen LogP contribution in [0.2, 0.25) is 5.02 Å². The fraction of sp³-hybridized carbons (Fsp3) is 0.615. The fourth-order valence-electron chi connectivity index (χ4n) is 4.94. The van der Waals surface area contributed by atoms with Crippen LogP contribution in [0.5, 0.6) is 0 Å². The number of amides is 2. The summed E-state index contributed by atoms with van der Waals surface area (Å²) in [5.74, 6) is -0.679. The number of benzene rings is 1.